The first kappa shape index (κ1) is 14.8. The van der Waals surface area contributed by atoms with Gasteiger partial charge in [-0.2, -0.15) is 5.26 Å². The molecule has 1 aromatic rings. The average Bonchev–Trinajstić information content (AvgIpc) is 2.94. The van der Waals surface area contributed by atoms with E-state index in [4.69, 9.17) is 5.26 Å². The zero-order valence-corrected chi connectivity index (χ0v) is 11.9. The van der Waals surface area contributed by atoms with Gasteiger partial charge in [-0.05, 0) is 25.0 Å². The number of nitriles is 1. The Morgan fingerprint density at radius 2 is 2.24 bits per heavy atom. The van der Waals surface area contributed by atoms with Crippen LogP contribution < -0.4 is 4.90 Å². The number of amides is 1. The first-order chi connectivity index (χ1) is 9.95. The van der Waals surface area contributed by atoms with Gasteiger partial charge in [-0.15, -0.1) is 0 Å². The third kappa shape index (κ3) is 2.79. The summed E-state index contributed by atoms with van der Waals surface area (Å²) in [5.41, 5.74) is 0.504. The fourth-order valence-corrected chi connectivity index (χ4v) is 2.59. The lowest BCUT2D eigenvalue weighted by Gasteiger charge is -2.27. The molecule has 110 valence electrons. The fraction of sp³-hybridized carbons (Fsp3) is 0.429. The number of likely N-dealkylation sites (N-methyl/N-ethyl adjacent to an activating group) is 1. The van der Waals surface area contributed by atoms with Gasteiger partial charge in [0.25, 0.3) is 5.69 Å². The minimum absolute atomic E-state index is 0.0637. The fourth-order valence-electron chi connectivity index (χ4n) is 2.59. The van der Waals surface area contributed by atoms with E-state index in [0.717, 1.165) is 6.42 Å². The standard InChI is InChI=1S/C14H16N4O3/c1-16(2)14(19)12-4-3-7-17(12)11-6-5-10(9-15)8-13(11)18(20)21/h5-6,8,12H,3-4,7H2,1-2H3. The zero-order chi connectivity index (χ0) is 15.6. The Balaban J connectivity index is 2.43. The second-order valence-electron chi connectivity index (χ2n) is 5.16. The van der Waals surface area contributed by atoms with Crippen molar-refractivity contribution in [1.82, 2.24) is 4.90 Å². The van der Waals surface area contributed by atoms with Crippen molar-refractivity contribution >= 4 is 17.3 Å². The number of nitro benzene ring substituents is 1. The molecule has 0 radical (unpaired) electrons. The number of nitrogens with zero attached hydrogens (tertiary/aromatic N) is 4. The Morgan fingerprint density at radius 1 is 1.52 bits per heavy atom. The number of anilines is 1. The molecule has 0 spiro atoms. The van der Waals surface area contributed by atoms with Crippen molar-refractivity contribution in [3.8, 4) is 6.07 Å². The molecule has 0 aromatic heterocycles. The van der Waals surface area contributed by atoms with E-state index >= 15 is 0 Å². The summed E-state index contributed by atoms with van der Waals surface area (Å²) in [6.45, 7) is 0.594. The highest BCUT2D eigenvalue weighted by Crippen LogP contribution is 2.34. The number of hydrogen-bond acceptors (Lipinski definition) is 5. The van der Waals surface area contributed by atoms with Gasteiger partial charge < -0.3 is 9.80 Å². The van der Waals surface area contributed by atoms with Crippen LogP contribution in [0.4, 0.5) is 11.4 Å². The van der Waals surface area contributed by atoms with Gasteiger partial charge in [0.1, 0.15) is 11.7 Å². The SMILES string of the molecule is CN(C)C(=O)C1CCCN1c1ccc(C#N)cc1[N+](=O)[O-]. The smallest absolute Gasteiger partial charge is 0.293 e. The summed E-state index contributed by atoms with van der Waals surface area (Å²) < 4.78 is 0. The van der Waals surface area contributed by atoms with Gasteiger partial charge in [0.15, 0.2) is 0 Å². The zero-order valence-electron chi connectivity index (χ0n) is 11.9. The highest BCUT2D eigenvalue weighted by molar-refractivity contribution is 5.86. The molecular formula is C14H16N4O3. The number of benzene rings is 1. The van der Waals surface area contributed by atoms with Crippen molar-refractivity contribution in [3.63, 3.8) is 0 Å². The Labute approximate surface area is 122 Å². The molecule has 1 unspecified atom stereocenters. The van der Waals surface area contributed by atoms with Crippen LogP contribution >= 0.6 is 0 Å². The van der Waals surface area contributed by atoms with E-state index in [2.05, 4.69) is 0 Å². The maximum atomic E-state index is 12.2. The van der Waals surface area contributed by atoms with Crippen LogP contribution in [0, 0.1) is 21.4 Å². The predicted molar refractivity (Wildman–Crippen MR) is 76.9 cm³/mol. The van der Waals surface area contributed by atoms with Crippen LogP contribution in [-0.2, 0) is 4.79 Å². The topological polar surface area (TPSA) is 90.5 Å². The molecule has 0 N–H and O–H groups in total. The lowest BCUT2D eigenvalue weighted by molar-refractivity contribution is -0.384. The van der Waals surface area contributed by atoms with E-state index in [9.17, 15) is 14.9 Å². The number of rotatable bonds is 3. The summed E-state index contributed by atoms with van der Waals surface area (Å²) in [6.07, 6.45) is 1.48. The van der Waals surface area contributed by atoms with E-state index in [1.54, 1.807) is 25.1 Å². The number of hydrogen-bond donors (Lipinski definition) is 0. The van der Waals surface area contributed by atoms with E-state index in [0.29, 0.717) is 18.7 Å². The monoisotopic (exact) mass is 288 g/mol. The molecule has 7 nitrogen and oxygen atoms in total. The number of nitro groups is 1. The predicted octanol–water partition coefficient (Wildman–Crippen LogP) is 1.52. The van der Waals surface area contributed by atoms with E-state index < -0.39 is 4.92 Å². The van der Waals surface area contributed by atoms with Crippen LogP contribution in [0.1, 0.15) is 18.4 Å². The molecule has 1 aromatic carbocycles. The molecule has 1 saturated heterocycles. The maximum Gasteiger partial charge on any atom is 0.293 e. The second kappa shape index (κ2) is 5.79. The van der Waals surface area contributed by atoms with Crippen molar-refractivity contribution in [3.05, 3.63) is 33.9 Å². The summed E-state index contributed by atoms with van der Waals surface area (Å²) in [7, 11) is 3.35. The van der Waals surface area contributed by atoms with Crippen molar-refractivity contribution < 1.29 is 9.72 Å². The molecule has 0 bridgehead atoms. The molecule has 1 atom stereocenters. The van der Waals surface area contributed by atoms with Crippen molar-refractivity contribution in [2.75, 3.05) is 25.5 Å². The number of carbonyl (C=O) groups is 1. The molecular weight excluding hydrogens is 272 g/mol. The van der Waals surface area contributed by atoms with Crippen molar-refractivity contribution in [2.45, 2.75) is 18.9 Å². The minimum Gasteiger partial charge on any atom is -0.354 e. The summed E-state index contributed by atoms with van der Waals surface area (Å²) >= 11 is 0. The normalized spacial score (nSPS) is 17.4. The highest BCUT2D eigenvalue weighted by atomic mass is 16.6. The molecule has 0 aliphatic carbocycles. The van der Waals surface area contributed by atoms with E-state index in [-0.39, 0.29) is 23.2 Å². The summed E-state index contributed by atoms with van der Waals surface area (Å²) in [5, 5.41) is 20.1. The van der Waals surface area contributed by atoms with Gasteiger partial charge in [0, 0.05) is 26.7 Å². The third-order valence-electron chi connectivity index (χ3n) is 3.59. The Kier molecular flexibility index (Phi) is 4.08. The third-order valence-corrected chi connectivity index (χ3v) is 3.59. The van der Waals surface area contributed by atoms with Gasteiger partial charge >= 0.3 is 0 Å². The quantitative estimate of drug-likeness (QED) is 0.621. The minimum atomic E-state index is -0.508. The van der Waals surface area contributed by atoms with Crippen LogP contribution in [-0.4, -0.2) is 42.4 Å². The van der Waals surface area contributed by atoms with Crippen LogP contribution in [0.2, 0.25) is 0 Å². The Morgan fingerprint density at radius 3 is 2.81 bits per heavy atom. The Bertz CT molecular complexity index is 621. The molecule has 1 heterocycles. The summed E-state index contributed by atoms with van der Waals surface area (Å²) in [4.78, 5) is 26.2. The lowest BCUT2D eigenvalue weighted by atomic mass is 10.1. The van der Waals surface area contributed by atoms with Gasteiger partial charge in [-0.1, -0.05) is 0 Å². The van der Waals surface area contributed by atoms with Crippen LogP contribution in [0.5, 0.6) is 0 Å². The van der Waals surface area contributed by atoms with Crippen LogP contribution in [0.3, 0.4) is 0 Å². The van der Waals surface area contributed by atoms with Crippen molar-refractivity contribution in [1.29, 1.82) is 5.26 Å². The molecule has 21 heavy (non-hydrogen) atoms. The maximum absolute atomic E-state index is 12.2. The molecule has 7 heteroatoms. The molecule has 1 aliphatic heterocycles. The van der Waals surface area contributed by atoms with Gasteiger partial charge in [-0.3, -0.25) is 14.9 Å². The second-order valence-corrected chi connectivity index (χ2v) is 5.16. The number of carbonyl (C=O) groups excluding carboxylic acids is 1. The van der Waals surface area contributed by atoms with Gasteiger partial charge in [0.05, 0.1) is 16.6 Å². The van der Waals surface area contributed by atoms with Crippen molar-refractivity contribution in [2.24, 2.45) is 0 Å². The highest BCUT2D eigenvalue weighted by Gasteiger charge is 2.35. The van der Waals surface area contributed by atoms with Crippen LogP contribution in [0.15, 0.2) is 18.2 Å². The molecule has 1 fully saturated rings. The van der Waals surface area contributed by atoms with Gasteiger partial charge in [0.2, 0.25) is 5.91 Å². The molecule has 1 amide bonds. The summed E-state index contributed by atoms with van der Waals surface area (Å²) in [6, 6.07) is 5.86. The van der Waals surface area contributed by atoms with E-state index in [1.807, 2.05) is 6.07 Å². The lowest BCUT2D eigenvalue weighted by Crippen LogP contribution is -2.43. The molecule has 1 aliphatic rings. The molecule has 0 saturated carbocycles. The molecule has 2 rings (SSSR count). The first-order valence-electron chi connectivity index (χ1n) is 6.62. The van der Waals surface area contributed by atoms with Crippen LogP contribution in [0.25, 0.3) is 0 Å². The average molecular weight is 288 g/mol. The van der Waals surface area contributed by atoms with Gasteiger partial charge in [-0.25, -0.2) is 0 Å². The summed E-state index contributed by atoms with van der Waals surface area (Å²) in [5.74, 6) is -0.0637. The first-order valence-corrected chi connectivity index (χ1v) is 6.62. The van der Waals surface area contributed by atoms with E-state index in [1.165, 1.54) is 17.0 Å². The Hall–Kier alpha value is -2.62. The largest absolute Gasteiger partial charge is 0.354 e.